The Morgan fingerprint density at radius 2 is 1.92 bits per heavy atom. The number of amides is 3. The summed E-state index contributed by atoms with van der Waals surface area (Å²) in [6.07, 6.45) is 1.68. The lowest BCUT2D eigenvalue weighted by atomic mass is 10.2. The summed E-state index contributed by atoms with van der Waals surface area (Å²) in [4.78, 5) is 25.7. The molecule has 0 spiro atoms. The molecular weight excluding hydrogens is 321 g/mol. The van der Waals surface area contributed by atoms with Gasteiger partial charge in [-0.25, -0.2) is 9.18 Å². The topological polar surface area (TPSA) is 54.3 Å². The number of halogens is 1. The van der Waals surface area contributed by atoms with Crippen LogP contribution in [0.25, 0.3) is 6.08 Å². The van der Waals surface area contributed by atoms with Gasteiger partial charge < -0.3 is 9.88 Å². The van der Waals surface area contributed by atoms with Crippen LogP contribution in [0.5, 0.6) is 0 Å². The van der Waals surface area contributed by atoms with E-state index in [-0.39, 0.29) is 12.2 Å². The van der Waals surface area contributed by atoms with Gasteiger partial charge >= 0.3 is 6.03 Å². The van der Waals surface area contributed by atoms with E-state index in [0.717, 1.165) is 28.4 Å². The number of nitrogens with zero attached hydrogens (tertiary/aromatic N) is 2. The van der Waals surface area contributed by atoms with Crippen LogP contribution in [-0.4, -0.2) is 21.4 Å². The monoisotopic (exact) mass is 341 g/mol. The van der Waals surface area contributed by atoms with Crippen LogP contribution in [0.15, 0.2) is 36.0 Å². The van der Waals surface area contributed by atoms with Gasteiger partial charge in [0.05, 0.1) is 6.54 Å². The lowest BCUT2D eigenvalue weighted by Crippen LogP contribution is -2.30. The second-order valence-electron chi connectivity index (χ2n) is 6.04. The number of hydrogen-bond donors (Lipinski definition) is 1. The smallest absolute Gasteiger partial charge is 0.329 e. The van der Waals surface area contributed by atoms with Crippen LogP contribution in [-0.2, 0) is 17.9 Å². The van der Waals surface area contributed by atoms with Crippen LogP contribution in [0.4, 0.5) is 9.18 Å². The summed E-state index contributed by atoms with van der Waals surface area (Å²) in [7, 11) is 0. The molecule has 1 aromatic carbocycles. The summed E-state index contributed by atoms with van der Waals surface area (Å²) >= 11 is 0. The van der Waals surface area contributed by atoms with Gasteiger partial charge in [-0.3, -0.25) is 9.69 Å². The summed E-state index contributed by atoms with van der Waals surface area (Å²) in [5.41, 5.74) is 3.51. The Morgan fingerprint density at radius 1 is 1.20 bits per heavy atom. The summed E-state index contributed by atoms with van der Waals surface area (Å²) in [5, 5.41) is 2.58. The Labute approximate surface area is 145 Å². The molecule has 0 atom stereocenters. The van der Waals surface area contributed by atoms with E-state index in [1.54, 1.807) is 24.3 Å². The van der Waals surface area contributed by atoms with E-state index in [0.29, 0.717) is 5.56 Å². The zero-order valence-corrected chi connectivity index (χ0v) is 14.5. The van der Waals surface area contributed by atoms with Gasteiger partial charge in [-0.1, -0.05) is 18.2 Å². The van der Waals surface area contributed by atoms with Crippen LogP contribution in [0.3, 0.4) is 0 Å². The van der Waals surface area contributed by atoms with Crippen molar-refractivity contribution in [3.63, 3.8) is 0 Å². The van der Waals surface area contributed by atoms with E-state index in [2.05, 4.69) is 16.8 Å². The van der Waals surface area contributed by atoms with Crippen LogP contribution in [0.1, 0.15) is 29.4 Å². The number of imide groups is 1. The maximum Gasteiger partial charge on any atom is 0.329 e. The van der Waals surface area contributed by atoms with Crippen molar-refractivity contribution in [1.29, 1.82) is 0 Å². The lowest BCUT2D eigenvalue weighted by molar-refractivity contribution is -0.123. The van der Waals surface area contributed by atoms with E-state index >= 15 is 0 Å². The number of nitrogens with one attached hydrogen (secondary N) is 1. The molecule has 0 radical (unpaired) electrons. The Morgan fingerprint density at radius 3 is 2.56 bits per heavy atom. The minimum absolute atomic E-state index is 0.0946. The third-order valence-corrected chi connectivity index (χ3v) is 4.48. The molecule has 0 unspecified atom stereocenters. The Hall–Kier alpha value is -2.89. The van der Waals surface area contributed by atoms with E-state index in [1.165, 1.54) is 6.07 Å². The van der Waals surface area contributed by atoms with Crippen LogP contribution in [0.2, 0.25) is 0 Å². The number of aryl methyl sites for hydroxylation is 1. The molecule has 5 nitrogen and oxygen atoms in total. The molecule has 0 saturated carbocycles. The first-order chi connectivity index (χ1) is 11.9. The highest BCUT2D eigenvalue weighted by Crippen LogP contribution is 2.21. The highest BCUT2D eigenvalue weighted by atomic mass is 19.1. The number of benzene rings is 1. The maximum absolute atomic E-state index is 13.8. The molecule has 3 amide bonds. The molecule has 0 bridgehead atoms. The molecule has 130 valence electrons. The largest absolute Gasteiger partial charge is 0.349 e. The maximum atomic E-state index is 13.8. The molecule has 1 aromatic heterocycles. The summed E-state index contributed by atoms with van der Waals surface area (Å²) in [5.74, 6) is -0.887. The minimum Gasteiger partial charge on any atom is -0.349 e. The van der Waals surface area contributed by atoms with Gasteiger partial charge in [-0.15, -0.1) is 0 Å². The quantitative estimate of drug-likeness (QED) is 0.685. The average molecular weight is 341 g/mol. The van der Waals surface area contributed by atoms with Gasteiger partial charge in [0.1, 0.15) is 11.5 Å². The molecule has 6 heteroatoms. The summed E-state index contributed by atoms with van der Waals surface area (Å²) in [6.45, 7) is 6.76. The highest BCUT2D eigenvalue weighted by molar-refractivity contribution is 6.13. The molecule has 25 heavy (non-hydrogen) atoms. The van der Waals surface area contributed by atoms with Crippen molar-refractivity contribution in [2.75, 3.05) is 0 Å². The Kier molecular flexibility index (Phi) is 4.44. The second kappa shape index (κ2) is 6.55. The predicted octanol–water partition coefficient (Wildman–Crippen LogP) is 3.36. The third kappa shape index (κ3) is 3.07. The van der Waals surface area contributed by atoms with Crippen LogP contribution < -0.4 is 5.32 Å². The molecule has 1 aliphatic rings. The zero-order valence-electron chi connectivity index (χ0n) is 14.5. The normalized spacial score (nSPS) is 16.0. The number of hydrogen-bond acceptors (Lipinski definition) is 2. The molecule has 2 aromatic rings. The summed E-state index contributed by atoms with van der Waals surface area (Å²) in [6, 6.07) is 7.55. The van der Waals surface area contributed by atoms with Gasteiger partial charge in [0.15, 0.2) is 0 Å². The van der Waals surface area contributed by atoms with E-state index in [1.807, 2.05) is 19.9 Å². The van der Waals surface area contributed by atoms with Crippen molar-refractivity contribution in [3.05, 3.63) is 64.4 Å². The molecular formula is C19H20FN3O2. The predicted molar refractivity (Wildman–Crippen MR) is 93.0 cm³/mol. The second-order valence-corrected chi connectivity index (χ2v) is 6.04. The first kappa shape index (κ1) is 17.0. The summed E-state index contributed by atoms with van der Waals surface area (Å²) < 4.78 is 15.9. The first-order valence-electron chi connectivity index (χ1n) is 8.17. The molecule has 1 aliphatic heterocycles. The highest BCUT2D eigenvalue weighted by Gasteiger charge is 2.34. The Balaban J connectivity index is 1.87. The number of urea groups is 1. The molecule has 1 N–H and O–H groups in total. The molecule has 1 saturated heterocycles. The Bertz CT molecular complexity index is 883. The fourth-order valence-electron chi connectivity index (χ4n) is 3.13. The van der Waals surface area contributed by atoms with Crippen molar-refractivity contribution in [1.82, 2.24) is 14.8 Å². The van der Waals surface area contributed by atoms with Crippen molar-refractivity contribution in [2.45, 2.75) is 33.9 Å². The van der Waals surface area contributed by atoms with Crippen molar-refractivity contribution in [2.24, 2.45) is 0 Å². The van der Waals surface area contributed by atoms with Crippen LogP contribution in [0, 0.1) is 19.7 Å². The third-order valence-electron chi connectivity index (χ3n) is 4.48. The van der Waals surface area contributed by atoms with Gasteiger partial charge in [0.25, 0.3) is 5.91 Å². The average Bonchev–Trinajstić information content (AvgIpc) is 2.99. The van der Waals surface area contributed by atoms with E-state index in [9.17, 15) is 14.0 Å². The number of carbonyl (C=O) groups excluding carboxylic acids is 2. The van der Waals surface area contributed by atoms with Gasteiger partial charge in [0, 0.05) is 23.5 Å². The fraction of sp³-hybridized carbons (Fsp3) is 0.263. The number of rotatable bonds is 4. The molecule has 0 aliphatic carbocycles. The number of carbonyl (C=O) groups is 2. The van der Waals surface area contributed by atoms with Gasteiger partial charge in [0.2, 0.25) is 0 Å². The number of aromatic nitrogens is 1. The van der Waals surface area contributed by atoms with Gasteiger partial charge in [-0.2, -0.15) is 0 Å². The first-order valence-corrected chi connectivity index (χ1v) is 8.17. The SMILES string of the molecule is CCn1c(C)cc(/C=C2\NC(=O)N(Cc3ccccc3F)C2=O)c1C. The van der Waals surface area contributed by atoms with Crippen molar-refractivity contribution in [3.8, 4) is 0 Å². The molecule has 2 heterocycles. The minimum atomic E-state index is -0.538. The fourth-order valence-corrected chi connectivity index (χ4v) is 3.13. The molecule has 1 fully saturated rings. The zero-order chi connectivity index (χ0) is 18.1. The standard InChI is InChI=1S/C19H20FN3O2/c1-4-22-12(2)9-15(13(22)3)10-17-18(24)23(19(25)21-17)11-14-7-5-6-8-16(14)20/h5-10H,4,11H2,1-3H3,(H,21,25)/b17-10-. The van der Waals surface area contributed by atoms with Gasteiger partial charge in [-0.05, 0) is 44.5 Å². The van der Waals surface area contributed by atoms with Crippen LogP contribution >= 0.6 is 0 Å². The van der Waals surface area contributed by atoms with E-state index in [4.69, 9.17) is 0 Å². The van der Waals surface area contributed by atoms with Crippen molar-refractivity contribution >= 4 is 18.0 Å². The van der Waals surface area contributed by atoms with Crippen molar-refractivity contribution < 1.29 is 14.0 Å². The van der Waals surface area contributed by atoms with E-state index < -0.39 is 17.8 Å². The lowest BCUT2D eigenvalue weighted by Gasteiger charge is -2.12. The molecule has 3 rings (SSSR count).